The van der Waals surface area contributed by atoms with Crippen molar-refractivity contribution in [3.63, 3.8) is 0 Å². The lowest BCUT2D eigenvalue weighted by atomic mass is 9.69. The van der Waals surface area contributed by atoms with E-state index in [2.05, 4.69) is 18.2 Å². The molecular weight excluding hydrogens is 312 g/mol. The van der Waals surface area contributed by atoms with E-state index in [0.29, 0.717) is 12.0 Å². The summed E-state index contributed by atoms with van der Waals surface area (Å²) in [6, 6.07) is 7.85. The number of carboxylic acids is 1. The lowest BCUT2D eigenvalue weighted by Gasteiger charge is -2.37. The summed E-state index contributed by atoms with van der Waals surface area (Å²) >= 11 is 0. The molecule has 134 valence electrons. The summed E-state index contributed by atoms with van der Waals surface area (Å²) < 4.78 is 5.99. The van der Waals surface area contributed by atoms with Gasteiger partial charge in [0.2, 0.25) is 0 Å². The second kappa shape index (κ2) is 7.90. The van der Waals surface area contributed by atoms with Crippen molar-refractivity contribution >= 4 is 5.97 Å². The third-order valence-corrected chi connectivity index (χ3v) is 5.53. The summed E-state index contributed by atoms with van der Waals surface area (Å²) in [6.07, 6.45) is 14.7. The lowest BCUT2D eigenvalue weighted by molar-refractivity contribution is -0.137. The standard InChI is InChI=1S/C22H28O3/c1-17(14-21(23)24)19-7-9-20(10-8-19)25-16-18-6-5-13-22(15-18)11-3-2-4-12-22/h3,6-11,17H,2,4-5,12-16H2,1H3,(H,23,24)/t17-,22?/m0/s1. The zero-order valence-corrected chi connectivity index (χ0v) is 15.0. The molecule has 0 heterocycles. The lowest BCUT2D eigenvalue weighted by Crippen LogP contribution is -2.25. The minimum Gasteiger partial charge on any atom is -0.489 e. The van der Waals surface area contributed by atoms with E-state index >= 15 is 0 Å². The molecule has 2 aliphatic rings. The van der Waals surface area contributed by atoms with Gasteiger partial charge < -0.3 is 9.84 Å². The Morgan fingerprint density at radius 3 is 2.72 bits per heavy atom. The average molecular weight is 340 g/mol. The molecule has 1 spiro atoms. The van der Waals surface area contributed by atoms with Gasteiger partial charge in [-0.3, -0.25) is 4.79 Å². The van der Waals surface area contributed by atoms with Crippen LogP contribution in [0.3, 0.4) is 0 Å². The van der Waals surface area contributed by atoms with Crippen LogP contribution in [0.2, 0.25) is 0 Å². The summed E-state index contributed by atoms with van der Waals surface area (Å²) in [5.41, 5.74) is 2.82. The van der Waals surface area contributed by atoms with Crippen LogP contribution in [0.5, 0.6) is 5.75 Å². The first-order valence-electron chi connectivity index (χ1n) is 9.36. The Labute approximate surface area is 150 Å². The summed E-state index contributed by atoms with van der Waals surface area (Å²) in [4.78, 5) is 10.8. The van der Waals surface area contributed by atoms with Gasteiger partial charge in [0.15, 0.2) is 0 Å². The van der Waals surface area contributed by atoms with E-state index in [9.17, 15) is 4.79 Å². The number of hydrogen-bond donors (Lipinski definition) is 1. The van der Waals surface area contributed by atoms with Crippen LogP contribution in [-0.2, 0) is 4.79 Å². The maximum absolute atomic E-state index is 10.8. The van der Waals surface area contributed by atoms with Crippen LogP contribution in [0.15, 0.2) is 48.1 Å². The van der Waals surface area contributed by atoms with Crippen LogP contribution < -0.4 is 4.74 Å². The van der Waals surface area contributed by atoms with Crippen LogP contribution in [-0.4, -0.2) is 17.7 Å². The fraction of sp³-hybridized carbons (Fsp3) is 0.500. The van der Waals surface area contributed by atoms with Crippen LogP contribution in [0.4, 0.5) is 0 Å². The van der Waals surface area contributed by atoms with E-state index in [-0.39, 0.29) is 12.3 Å². The van der Waals surface area contributed by atoms with Gasteiger partial charge in [-0.15, -0.1) is 0 Å². The highest BCUT2D eigenvalue weighted by Gasteiger charge is 2.31. The van der Waals surface area contributed by atoms with Crippen LogP contribution in [0.25, 0.3) is 0 Å². The Kier molecular flexibility index (Phi) is 5.62. The molecule has 0 saturated carbocycles. The fourth-order valence-corrected chi connectivity index (χ4v) is 4.08. The summed E-state index contributed by atoms with van der Waals surface area (Å²) in [6.45, 7) is 2.59. The largest absolute Gasteiger partial charge is 0.489 e. The molecule has 0 saturated heterocycles. The molecule has 2 aliphatic carbocycles. The van der Waals surface area contributed by atoms with Crippen molar-refractivity contribution in [1.29, 1.82) is 0 Å². The highest BCUT2D eigenvalue weighted by atomic mass is 16.5. The van der Waals surface area contributed by atoms with Gasteiger partial charge in [-0.2, -0.15) is 0 Å². The topological polar surface area (TPSA) is 46.5 Å². The molecule has 1 aromatic carbocycles. The van der Waals surface area contributed by atoms with Gasteiger partial charge in [-0.25, -0.2) is 0 Å². The number of benzene rings is 1. The van der Waals surface area contributed by atoms with Crippen molar-refractivity contribution in [3.8, 4) is 5.75 Å². The predicted molar refractivity (Wildman–Crippen MR) is 100.0 cm³/mol. The molecule has 2 atom stereocenters. The third-order valence-electron chi connectivity index (χ3n) is 5.53. The molecular formula is C22H28O3. The Morgan fingerprint density at radius 1 is 1.24 bits per heavy atom. The average Bonchev–Trinajstić information content (AvgIpc) is 2.61. The quantitative estimate of drug-likeness (QED) is 0.697. The molecule has 1 N–H and O–H groups in total. The number of aliphatic carboxylic acids is 1. The second-order valence-corrected chi connectivity index (χ2v) is 7.59. The minimum atomic E-state index is -0.761. The van der Waals surface area contributed by atoms with Crippen molar-refractivity contribution in [2.45, 2.75) is 57.8 Å². The van der Waals surface area contributed by atoms with Crippen molar-refractivity contribution < 1.29 is 14.6 Å². The molecule has 0 amide bonds. The van der Waals surface area contributed by atoms with Gasteiger partial charge in [0.05, 0.1) is 6.42 Å². The zero-order chi connectivity index (χ0) is 17.7. The van der Waals surface area contributed by atoms with Crippen molar-refractivity contribution in [2.75, 3.05) is 6.61 Å². The second-order valence-electron chi connectivity index (χ2n) is 7.59. The monoisotopic (exact) mass is 340 g/mol. The number of carboxylic acid groups (broad SMARTS) is 1. The van der Waals surface area contributed by atoms with E-state index < -0.39 is 5.97 Å². The SMILES string of the molecule is C[C@@H](CC(=O)O)c1ccc(OCC2=CCCC3(C=CCCC3)C2)cc1. The van der Waals surface area contributed by atoms with E-state index in [0.717, 1.165) is 24.2 Å². The molecule has 0 bridgehead atoms. The van der Waals surface area contributed by atoms with Crippen LogP contribution in [0, 0.1) is 5.41 Å². The predicted octanol–water partition coefficient (Wildman–Crippen LogP) is 5.48. The number of allylic oxidation sites excluding steroid dienone is 3. The molecule has 1 aromatic rings. The van der Waals surface area contributed by atoms with Crippen LogP contribution in [0.1, 0.15) is 63.4 Å². The first kappa shape index (κ1) is 17.8. The highest BCUT2D eigenvalue weighted by Crippen LogP contribution is 2.44. The first-order valence-corrected chi connectivity index (χ1v) is 9.36. The molecule has 25 heavy (non-hydrogen) atoms. The van der Waals surface area contributed by atoms with Crippen molar-refractivity contribution in [3.05, 3.63) is 53.6 Å². The minimum absolute atomic E-state index is 0.0190. The van der Waals surface area contributed by atoms with Gasteiger partial charge in [0, 0.05) is 0 Å². The normalized spacial score (nSPS) is 24.0. The van der Waals surface area contributed by atoms with Crippen molar-refractivity contribution in [2.24, 2.45) is 5.41 Å². The van der Waals surface area contributed by atoms with Gasteiger partial charge in [0.1, 0.15) is 12.4 Å². The molecule has 0 aromatic heterocycles. The number of ether oxygens (including phenoxy) is 1. The van der Waals surface area contributed by atoms with Gasteiger partial charge in [0.25, 0.3) is 0 Å². The fourth-order valence-electron chi connectivity index (χ4n) is 4.08. The number of hydrogen-bond acceptors (Lipinski definition) is 2. The first-order chi connectivity index (χ1) is 12.1. The number of rotatable bonds is 6. The van der Waals surface area contributed by atoms with E-state index in [1.807, 2.05) is 31.2 Å². The maximum atomic E-state index is 10.8. The zero-order valence-electron chi connectivity index (χ0n) is 15.0. The Hall–Kier alpha value is -2.03. The molecule has 0 fully saturated rings. The molecule has 3 heteroatoms. The molecule has 0 aliphatic heterocycles. The van der Waals surface area contributed by atoms with Gasteiger partial charge in [-0.05, 0) is 73.1 Å². The smallest absolute Gasteiger partial charge is 0.303 e. The van der Waals surface area contributed by atoms with E-state index in [1.54, 1.807) is 0 Å². The van der Waals surface area contributed by atoms with Gasteiger partial charge in [-0.1, -0.05) is 37.3 Å². The number of carbonyl (C=O) groups is 1. The summed E-state index contributed by atoms with van der Waals surface area (Å²) in [5, 5.41) is 8.90. The molecule has 0 radical (unpaired) electrons. The molecule has 3 nitrogen and oxygen atoms in total. The molecule has 1 unspecified atom stereocenters. The van der Waals surface area contributed by atoms with Gasteiger partial charge >= 0.3 is 5.97 Å². The maximum Gasteiger partial charge on any atom is 0.303 e. The third kappa shape index (κ3) is 4.75. The Bertz CT molecular complexity index is 656. The summed E-state index contributed by atoms with van der Waals surface area (Å²) in [7, 11) is 0. The Balaban J connectivity index is 1.55. The van der Waals surface area contributed by atoms with E-state index in [1.165, 1.54) is 31.3 Å². The van der Waals surface area contributed by atoms with Crippen molar-refractivity contribution in [1.82, 2.24) is 0 Å². The highest BCUT2D eigenvalue weighted by molar-refractivity contribution is 5.67. The van der Waals surface area contributed by atoms with E-state index in [4.69, 9.17) is 9.84 Å². The Morgan fingerprint density at radius 2 is 2.04 bits per heavy atom. The summed E-state index contributed by atoms with van der Waals surface area (Å²) in [5.74, 6) is 0.110. The van der Waals surface area contributed by atoms with Crippen LogP contribution >= 0.6 is 0 Å². The molecule has 3 rings (SSSR count).